The highest BCUT2D eigenvalue weighted by atomic mass is 19.1. The molecule has 1 aromatic carbocycles. The van der Waals surface area contributed by atoms with Gasteiger partial charge in [-0.05, 0) is 44.9 Å². The molecule has 0 aromatic heterocycles. The average Bonchev–Trinajstić information content (AvgIpc) is 2.41. The third-order valence-electron chi connectivity index (χ3n) is 2.95. The topological polar surface area (TPSA) is 30.5 Å². The predicted octanol–water partition coefficient (Wildman–Crippen LogP) is 3.91. The summed E-state index contributed by atoms with van der Waals surface area (Å²) >= 11 is 0. The maximum atomic E-state index is 13.9. The molecule has 0 saturated heterocycles. The van der Waals surface area contributed by atoms with Gasteiger partial charge in [-0.15, -0.1) is 0 Å². The van der Waals surface area contributed by atoms with Crippen molar-refractivity contribution < 1.29 is 13.9 Å². The van der Waals surface area contributed by atoms with Gasteiger partial charge in [-0.1, -0.05) is 19.4 Å². The van der Waals surface area contributed by atoms with Gasteiger partial charge in [0.15, 0.2) is 11.6 Å². The Labute approximate surface area is 127 Å². The van der Waals surface area contributed by atoms with Crippen LogP contribution in [-0.2, 0) is 11.3 Å². The SMILES string of the molecule is CCCCOCCOc1ccc(CNC(C)(C)C)cc1F. The fourth-order valence-corrected chi connectivity index (χ4v) is 1.70. The largest absolute Gasteiger partial charge is 0.488 e. The van der Waals surface area contributed by atoms with Crippen molar-refractivity contribution in [3.63, 3.8) is 0 Å². The van der Waals surface area contributed by atoms with Gasteiger partial charge in [0.1, 0.15) is 6.61 Å². The van der Waals surface area contributed by atoms with E-state index >= 15 is 0 Å². The summed E-state index contributed by atoms with van der Waals surface area (Å²) in [5.41, 5.74) is 0.926. The van der Waals surface area contributed by atoms with Gasteiger partial charge < -0.3 is 14.8 Å². The van der Waals surface area contributed by atoms with Gasteiger partial charge in [-0.3, -0.25) is 0 Å². The molecule has 0 spiro atoms. The molecule has 120 valence electrons. The molecule has 21 heavy (non-hydrogen) atoms. The Morgan fingerprint density at radius 3 is 2.52 bits per heavy atom. The van der Waals surface area contributed by atoms with Crippen LogP contribution < -0.4 is 10.1 Å². The molecular weight excluding hydrogens is 269 g/mol. The Bertz CT molecular complexity index is 416. The maximum Gasteiger partial charge on any atom is 0.165 e. The number of hydrogen-bond acceptors (Lipinski definition) is 3. The van der Waals surface area contributed by atoms with Crippen molar-refractivity contribution in [2.24, 2.45) is 0 Å². The molecule has 0 aliphatic rings. The average molecular weight is 297 g/mol. The summed E-state index contributed by atoms with van der Waals surface area (Å²) in [4.78, 5) is 0. The molecule has 0 amide bonds. The molecule has 0 radical (unpaired) electrons. The van der Waals surface area contributed by atoms with E-state index in [1.54, 1.807) is 6.07 Å². The van der Waals surface area contributed by atoms with Crippen molar-refractivity contribution in [1.82, 2.24) is 5.32 Å². The fraction of sp³-hybridized carbons (Fsp3) is 0.647. The highest BCUT2D eigenvalue weighted by Gasteiger charge is 2.10. The fourth-order valence-electron chi connectivity index (χ4n) is 1.70. The first-order valence-corrected chi connectivity index (χ1v) is 7.66. The van der Waals surface area contributed by atoms with Crippen LogP contribution in [0.15, 0.2) is 18.2 Å². The molecule has 4 heteroatoms. The first-order valence-electron chi connectivity index (χ1n) is 7.66. The van der Waals surface area contributed by atoms with Gasteiger partial charge in [0.25, 0.3) is 0 Å². The second-order valence-electron chi connectivity index (χ2n) is 6.18. The molecule has 0 aliphatic heterocycles. The Kier molecular flexibility index (Phi) is 7.68. The van der Waals surface area contributed by atoms with E-state index in [4.69, 9.17) is 9.47 Å². The van der Waals surface area contributed by atoms with E-state index in [-0.39, 0.29) is 17.1 Å². The van der Waals surface area contributed by atoms with E-state index in [0.29, 0.717) is 19.8 Å². The number of hydrogen-bond donors (Lipinski definition) is 1. The Morgan fingerprint density at radius 1 is 1.14 bits per heavy atom. The van der Waals surface area contributed by atoms with Crippen LogP contribution in [0.25, 0.3) is 0 Å². The van der Waals surface area contributed by atoms with Crippen LogP contribution in [0.5, 0.6) is 5.75 Å². The van der Waals surface area contributed by atoms with Crippen molar-refractivity contribution in [3.8, 4) is 5.75 Å². The standard InChI is InChI=1S/C17H28FNO2/c1-5-6-9-20-10-11-21-16-8-7-14(12-15(16)18)13-19-17(2,3)4/h7-8,12,19H,5-6,9-11,13H2,1-4H3. The lowest BCUT2D eigenvalue weighted by molar-refractivity contribution is 0.0967. The summed E-state index contributed by atoms with van der Waals surface area (Å²) in [5.74, 6) is -0.0367. The first kappa shape index (κ1) is 17.9. The van der Waals surface area contributed by atoms with E-state index in [0.717, 1.165) is 25.0 Å². The minimum absolute atomic E-state index is 0.0154. The molecule has 3 nitrogen and oxygen atoms in total. The molecule has 0 saturated carbocycles. The zero-order valence-corrected chi connectivity index (χ0v) is 13.7. The third kappa shape index (κ3) is 8.02. The Hall–Kier alpha value is -1.13. The highest BCUT2D eigenvalue weighted by Crippen LogP contribution is 2.18. The van der Waals surface area contributed by atoms with Gasteiger partial charge in [-0.25, -0.2) is 4.39 Å². The summed E-state index contributed by atoms with van der Waals surface area (Å²) in [5, 5.41) is 3.33. The third-order valence-corrected chi connectivity index (χ3v) is 2.95. The van der Waals surface area contributed by atoms with Gasteiger partial charge in [-0.2, -0.15) is 0 Å². The smallest absolute Gasteiger partial charge is 0.165 e. The van der Waals surface area contributed by atoms with E-state index in [2.05, 4.69) is 33.0 Å². The van der Waals surface area contributed by atoms with E-state index < -0.39 is 0 Å². The number of unbranched alkanes of at least 4 members (excludes halogenated alkanes) is 1. The lowest BCUT2D eigenvalue weighted by Gasteiger charge is -2.20. The van der Waals surface area contributed by atoms with Crippen molar-refractivity contribution in [2.75, 3.05) is 19.8 Å². The van der Waals surface area contributed by atoms with Crippen LogP contribution >= 0.6 is 0 Å². The van der Waals surface area contributed by atoms with Crippen LogP contribution in [0.3, 0.4) is 0 Å². The number of benzene rings is 1. The normalized spacial score (nSPS) is 11.7. The Balaban J connectivity index is 2.36. The number of nitrogens with one attached hydrogen (secondary N) is 1. The Morgan fingerprint density at radius 2 is 1.90 bits per heavy atom. The first-order chi connectivity index (χ1) is 9.92. The minimum Gasteiger partial charge on any atom is -0.488 e. The summed E-state index contributed by atoms with van der Waals surface area (Å²) in [6.45, 7) is 10.6. The monoisotopic (exact) mass is 297 g/mol. The zero-order valence-electron chi connectivity index (χ0n) is 13.7. The molecule has 1 aromatic rings. The summed E-state index contributed by atoms with van der Waals surface area (Å²) in [6, 6.07) is 5.09. The number of rotatable bonds is 9. The molecule has 0 bridgehead atoms. The molecule has 1 rings (SSSR count). The molecule has 0 atom stereocenters. The predicted molar refractivity (Wildman–Crippen MR) is 84.2 cm³/mol. The van der Waals surface area contributed by atoms with Gasteiger partial charge in [0.2, 0.25) is 0 Å². The van der Waals surface area contributed by atoms with Gasteiger partial charge in [0, 0.05) is 18.7 Å². The minimum atomic E-state index is -0.322. The van der Waals surface area contributed by atoms with Crippen LogP contribution in [-0.4, -0.2) is 25.4 Å². The van der Waals surface area contributed by atoms with Gasteiger partial charge in [0.05, 0.1) is 6.61 Å². The van der Waals surface area contributed by atoms with E-state index in [1.165, 1.54) is 6.07 Å². The number of halogens is 1. The molecule has 0 aliphatic carbocycles. The van der Waals surface area contributed by atoms with Crippen LogP contribution in [0.1, 0.15) is 46.1 Å². The van der Waals surface area contributed by atoms with Crippen molar-refractivity contribution >= 4 is 0 Å². The lowest BCUT2D eigenvalue weighted by Crippen LogP contribution is -2.35. The summed E-state index contributed by atoms with van der Waals surface area (Å²) in [7, 11) is 0. The second kappa shape index (κ2) is 9.00. The zero-order chi connectivity index (χ0) is 15.7. The number of ether oxygens (including phenoxy) is 2. The van der Waals surface area contributed by atoms with Crippen LogP contribution in [0.4, 0.5) is 4.39 Å². The summed E-state index contributed by atoms with van der Waals surface area (Å²) in [6.07, 6.45) is 2.16. The van der Waals surface area contributed by atoms with Crippen molar-refractivity contribution in [2.45, 2.75) is 52.6 Å². The molecular formula is C17H28FNO2. The van der Waals surface area contributed by atoms with Crippen LogP contribution in [0.2, 0.25) is 0 Å². The second-order valence-corrected chi connectivity index (χ2v) is 6.18. The lowest BCUT2D eigenvalue weighted by atomic mass is 10.1. The van der Waals surface area contributed by atoms with Gasteiger partial charge >= 0.3 is 0 Å². The molecule has 0 fully saturated rings. The molecule has 0 unspecified atom stereocenters. The highest BCUT2D eigenvalue weighted by molar-refractivity contribution is 5.29. The van der Waals surface area contributed by atoms with E-state index in [9.17, 15) is 4.39 Å². The van der Waals surface area contributed by atoms with Crippen molar-refractivity contribution in [3.05, 3.63) is 29.6 Å². The maximum absolute atomic E-state index is 13.9. The summed E-state index contributed by atoms with van der Waals surface area (Å²) < 4.78 is 24.7. The van der Waals surface area contributed by atoms with Crippen LogP contribution in [0, 0.1) is 5.82 Å². The molecule has 1 N–H and O–H groups in total. The molecule has 0 heterocycles. The van der Waals surface area contributed by atoms with Crippen molar-refractivity contribution in [1.29, 1.82) is 0 Å². The quantitative estimate of drug-likeness (QED) is 0.701. The van der Waals surface area contributed by atoms with E-state index in [1.807, 2.05) is 6.07 Å².